The SMILES string of the molecule is Cc1ccc(C(=O)N(CCCCN(C)C)[C@H](C)CCc2nc3c(Cl)c(C)nn3c(=O)n2Cc2ccccc2)cc1. The van der Waals surface area contributed by atoms with E-state index in [1.54, 1.807) is 11.5 Å². The first-order chi connectivity index (χ1) is 19.2. The van der Waals surface area contributed by atoms with Crippen molar-refractivity contribution in [1.82, 2.24) is 29.0 Å². The van der Waals surface area contributed by atoms with Crippen LogP contribution in [0.1, 0.15) is 59.2 Å². The summed E-state index contributed by atoms with van der Waals surface area (Å²) in [6, 6.07) is 17.5. The molecule has 4 rings (SSSR count). The Kier molecular flexibility index (Phi) is 9.76. The molecule has 2 aromatic carbocycles. The normalized spacial score (nSPS) is 12.3. The van der Waals surface area contributed by atoms with Crippen LogP contribution in [0.2, 0.25) is 5.02 Å². The van der Waals surface area contributed by atoms with Crippen molar-refractivity contribution in [1.29, 1.82) is 0 Å². The van der Waals surface area contributed by atoms with Crippen molar-refractivity contribution >= 4 is 23.2 Å². The number of halogens is 1. The second-order valence-electron chi connectivity index (χ2n) is 10.8. The number of carbonyl (C=O) groups excluding carboxylic acids is 1. The quantitative estimate of drug-likeness (QED) is 0.227. The van der Waals surface area contributed by atoms with Crippen molar-refractivity contribution in [2.45, 2.75) is 59.0 Å². The second kappa shape index (κ2) is 13.2. The predicted molar refractivity (Wildman–Crippen MR) is 160 cm³/mol. The van der Waals surface area contributed by atoms with Gasteiger partial charge in [0.2, 0.25) is 0 Å². The molecular formula is C31H39ClN6O2. The molecule has 0 fully saturated rings. The van der Waals surface area contributed by atoms with Crippen LogP contribution >= 0.6 is 11.6 Å². The molecule has 212 valence electrons. The first-order valence-electron chi connectivity index (χ1n) is 13.9. The number of hydrogen-bond donors (Lipinski definition) is 0. The third-order valence-corrected chi connectivity index (χ3v) is 7.68. The fourth-order valence-electron chi connectivity index (χ4n) is 4.84. The highest BCUT2D eigenvalue weighted by atomic mass is 35.5. The predicted octanol–water partition coefficient (Wildman–Crippen LogP) is 5.01. The summed E-state index contributed by atoms with van der Waals surface area (Å²) >= 11 is 6.47. The van der Waals surface area contributed by atoms with Crippen LogP contribution in [0.4, 0.5) is 0 Å². The van der Waals surface area contributed by atoms with Crippen LogP contribution in [-0.4, -0.2) is 68.1 Å². The lowest BCUT2D eigenvalue weighted by atomic mass is 10.1. The number of unbranched alkanes of at least 4 members (excludes halogenated alkanes) is 1. The molecule has 0 unspecified atom stereocenters. The van der Waals surface area contributed by atoms with Crippen LogP contribution in [0.3, 0.4) is 0 Å². The fraction of sp³-hybridized carbons (Fsp3) is 0.419. The topological polar surface area (TPSA) is 75.7 Å². The molecule has 8 nitrogen and oxygen atoms in total. The first kappa shape index (κ1) is 29.5. The lowest BCUT2D eigenvalue weighted by Crippen LogP contribution is -2.40. The van der Waals surface area contributed by atoms with Crippen LogP contribution in [-0.2, 0) is 13.0 Å². The third kappa shape index (κ3) is 6.98. The molecule has 0 bridgehead atoms. The van der Waals surface area contributed by atoms with Gasteiger partial charge in [-0.2, -0.15) is 9.61 Å². The van der Waals surface area contributed by atoms with Gasteiger partial charge in [0.1, 0.15) is 10.8 Å². The number of nitrogens with zero attached hydrogens (tertiary/aromatic N) is 6. The Bertz CT molecular complexity index is 1490. The standard InChI is InChI=1S/C31H39ClN6O2/c1-22-13-16-26(17-14-22)30(39)36(20-10-9-19-35(4)5)23(2)15-18-27-33-29-28(32)24(3)34-38(29)31(40)37(27)21-25-11-7-6-8-12-25/h6-8,11-14,16-17,23H,9-10,15,18-21H2,1-5H3/t23-/m1/s1. The van der Waals surface area contributed by atoms with Crippen LogP contribution in [0.5, 0.6) is 0 Å². The number of amides is 1. The van der Waals surface area contributed by atoms with Crippen molar-refractivity contribution in [2.24, 2.45) is 0 Å². The van der Waals surface area contributed by atoms with Gasteiger partial charge in [0.05, 0.1) is 12.2 Å². The van der Waals surface area contributed by atoms with E-state index in [-0.39, 0.29) is 17.6 Å². The molecular weight excluding hydrogens is 524 g/mol. The van der Waals surface area contributed by atoms with Gasteiger partial charge in [0.25, 0.3) is 5.91 Å². The Labute approximate surface area is 241 Å². The Morgan fingerprint density at radius 3 is 2.35 bits per heavy atom. The summed E-state index contributed by atoms with van der Waals surface area (Å²) in [7, 11) is 4.12. The highest BCUT2D eigenvalue weighted by molar-refractivity contribution is 6.34. The van der Waals surface area contributed by atoms with E-state index >= 15 is 0 Å². The summed E-state index contributed by atoms with van der Waals surface area (Å²) in [5, 5.41) is 4.71. The van der Waals surface area contributed by atoms with Crippen molar-refractivity contribution in [2.75, 3.05) is 27.2 Å². The minimum Gasteiger partial charge on any atom is -0.336 e. The zero-order chi connectivity index (χ0) is 28.8. The Morgan fingerprint density at radius 1 is 1.00 bits per heavy atom. The third-order valence-electron chi connectivity index (χ3n) is 7.24. The maximum atomic E-state index is 13.6. The summed E-state index contributed by atoms with van der Waals surface area (Å²) in [5.74, 6) is 0.655. The molecule has 0 spiro atoms. The van der Waals surface area contributed by atoms with Crippen molar-refractivity contribution in [3.8, 4) is 0 Å². The smallest absolute Gasteiger partial charge is 0.336 e. The van der Waals surface area contributed by atoms with Crippen molar-refractivity contribution < 1.29 is 4.79 Å². The van der Waals surface area contributed by atoms with Crippen molar-refractivity contribution in [3.63, 3.8) is 0 Å². The average Bonchev–Trinajstić information content (AvgIpc) is 3.23. The molecule has 0 aliphatic heterocycles. The van der Waals surface area contributed by atoms with E-state index in [1.165, 1.54) is 4.52 Å². The molecule has 0 saturated heterocycles. The van der Waals surface area contributed by atoms with E-state index < -0.39 is 0 Å². The zero-order valence-electron chi connectivity index (χ0n) is 24.1. The maximum Gasteiger partial charge on any atom is 0.352 e. The Morgan fingerprint density at radius 2 is 1.68 bits per heavy atom. The molecule has 40 heavy (non-hydrogen) atoms. The number of hydrogen-bond acceptors (Lipinski definition) is 5. The van der Waals surface area contributed by atoms with Gasteiger partial charge in [-0.25, -0.2) is 9.78 Å². The van der Waals surface area contributed by atoms with E-state index in [4.69, 9.17) is 16.6 Å². The van der Waals surface area contributed by atoms with E-state index in [0.29, 0.717) is 53.7 Å². The maximum absolute atomic E-state index is 13.6. The molecule has 0 saturated carbocycles. The minimum atomic E-state index is -0.275. The van der Waals surface area contributed by atoms with Crippen LogP contribution in [0, 0.1) is 13.8 Å². The molecule has 2 aromatic heterocycles. The summed E-state index contributed by atoms with van der Waals surface area (Å²) in [5.41, 5.74) is 3.46. The Hall–Kier alpha value is -3.49. The van der Waals surface area contributed by atoms with Gasteiger partial charge in [0.15, 0.2) is 5.65 Å². The number of benzene rings is 2. The monoisotopic (exact) mass is 562 g/mol. The Balaban J connectivity index is 1.61. The molecule has 0 radical (unpaired) electrons. The summed E-state index contributed by atoms with van der Waals surface area (Å²) in [6.07, 6.45) is 3.07. The number of carbonyl (C=O) groups is 1. The number of fused-ring (bicyclic) bond motifs is 1. The highest BCUT2D eigenvalue weighted by Crippen LogP contribution is 2.20. The molecule has 9 heteroatoms. The molecule has 0 N–H and O–H groups in total. The van der Waals surface area contributed by atoms with Crippen molar-refractivity contribution in [3.05, 3.63) is 98.3 Å². The van der Waals surface area contributed by atoms with Gasteiger partial charge in [-0.3, -0.25) is 9.36 Å². The molecule has 0 aliphatic rings. The zero-order valence-corrected chi connectivity index (χ0v) is 24.9. The first-order valence-corrected chi connectivity index (χ1v) is 14.2. The van der Waals surface area contributed by atoms with E-state index in [1.807, 2.05) is 66.4 Å². The van der Waals surface area contributed by atoms with Gasteiger partial charge in [-0.1, -0.05) is 59.6 Å². The van der Waals surface area contributed by atoms with Gasteiger partial charge in [-0.05, 0) is 78.4 Å². The van der Waals surface area contributed by atoms with Crippen LogP contribution in [0.15, 0.2) is 59.4 Å². The van der Waals surface area contributed by atoms with Crippen LogP contribution < -0.4 is 5.69 Å². The molecule has 4 aromatic rings. The molecule has 2 heterocycles. The second-order valence-corrected chi connectivity index (χ2v) is 11.2. The lowest BCUT2D eigenvalue weighted by molar-refractivity contribution is 0.0678. The highest BCUT2D eigenvalue weighted by Gasteiger charge is 2.23. The largest absolute Gasteiger partial charge is 0.352 e. The average molecular weight is 563 g/mol. The molecule has 1 amide bonds. The fourth-order valence-corrected chi connectivity index (χ4v) is 5.00. The number of aromatic nitrogens is 4. The van der Waals surface area contributed by atoms with Gasteiger partial charge >= 0.3 is 5.69 Å². The summed E-state index contributed by atoms with van der Waals surface area (Å²) in [6.45, 7) is 7.87. The van der Waals surface area contributed by atoms with Gasteiger partial charge in [-0.15, -0.1) is 0 Å². The van der Waals surface area contributed by atoms with Gasteiger partial charge < -0.3 is 9.80 Å². The number of rotatable bonds is 12. The van der Waals surface area contributed by atoms with Crippen LogP contribution in [0.25, 0.3) is 5.65 Å². The van der Waals surface area contributed by atoms with E-state index in [9.17, 15) is 9.59 Å². The van der Waals surface area contributed by atoms with E-state index in [2.05, 4.69) is 31.0 Å². The molecule has 1 atom stereocenters. The lowest BCUT2D eigenvalue weighted by Gasteiger charge is -2.30. The number of aryl methyl sites for hydroxylation is 3. The molecule has 0 aliphatic carbocycles. The summed E-state index contributed by atoms with van der Waals surface area (Å²) < 4.78 is 2.95. The minimum absolute atomic E-state index is 0.0249. The van der Waals surface area contributed by atoms with E-state index in [0.717, 1.165) is 30.5 Å². The van der Waals surface area contributed by atoms with Gasteiger partial charge in [0, 0.05) is 24.6 Å². The summed E-state index contributed by atoms with van der Waals surface area (Å²) in [4.78, 5) is 36.1.